The standard InChI is InChI=1S/C8H8NO2/c1-6-3-4-8(9(10)11)7(2)5-6/h4-5H,1-2H3. The van der Waals surface area contributed by atoms with E-state index >= 15 is 0 Å². The predicted octanol–water partition coefficient (Wildman–Crippen LogP) is 2.01. The Balaban J connectivity index is 3.20. The summed E-state index contributed by atoms with van der Waals surface area (Å²) in [5, 5.41) is 10.3. The maximum absolute atomic E-state index is 10.3. The van der Waals surface area contributed by atoms with Crippen molar-refractivity contribution in [2.45, 2.75) is 13.8 Å². The number of aryl methyl sites for hydroxylation is 2. The van der Waals surface area contributed by atoms with Gasteiger partial charge in [-0.15, -0.1) is 0 Å². The van der Waals surface area contributed by atoms with Gasteiger partial charge in [0.2, 0.25) is 0 Å². The van der Waals surface area contributed by atoms with Crippen molar-refractivity contribution in [2.75, 3.05) is 0 Å². The minimum Gasteiger partial charge on any atom is -0.258 e. The lowest BCUT2D eigenvalue weighted by atomic mass is 10.1. The summed E-state index contributed by atoms with van der Waals surface area (Å²) in [4.78, 5) is 9.92. The van der Waals surface area contributed by atoms with E-state index in [1.54, 1.807) is 13.0 Å². The van der Waals surface area contributed by atoms with E-state index in [2.05, 4.69) is 6.07 Å². The van der Waals surface area contributed by atoms with Gasteiger partial charge in [-0.1, -0.05) is 0 Å². The molecule has 0 aromatic heterocycles. The summed E-state index contributed by atoms with van der Waals surface area (Å²) >= 11 is 0. The molecule has 0 unspecified atom stereocenters. The molecular weight excluding hydrogens is 142 g/mol. The molecule has 3 nitrogen and oxygen atoms in total. The summed E-state index contributed by atoms with van der Waals surface area (Å²) in [6, 6.07) is 5.94. The van der Waals surface area contributed by atoms with Crippen molar-refractivity contribution < 1.29 is 4.92 Å². The zero-order valence-corrected chi connectivity index (χ0v) is 6.42. The highest BCUT2D eigenvalue weighted by Gasteiger charge is 2.08. The first-order valence-corrected chi connectivity index (χ1v) is 3.24. The second-order valence-electron chi connectivity index (χ2n) is 2.44. The molecule has 1 aromatic carbocycles. The monoisotopic (exact) mass is 150 g/mol. The van der Waals surface area contributed by atoms with Crippen LogP contribution in [0.25, 0.3) is 0 Å². The van der Waals surface area contributed by atoms with Crippen LogP contribution in [0, 0.1) is 30.0 Å². The molecule has 0 saturated heterocycles. The van der Waals surface area contributed by atoms with E-state index < -0.39 is 4.92 Å². The lowest BCUT2D eigenvalue weighted by Gasteiger charge is -1.96. The molecule has 57 valence electrons. The Bertz CT molecular complexity index is 294. The molecule has 0 fully saturated rings. The van der Waals surface area contributed by atoms with Crippen LogP contribution in [0.4, 0.5) is 5.69 Å². The van der Waals surface area contributed by atoms with Crippen LogP contribution in [0.1, 0.15) is 11.1 Å². The molecule has 0 N–H and O–H groups in total. The van der Waals surface area contributed by atoms with Crippen LogP contribution >= 0.6 is 0 Å². The van der Waals surface area contributed by atoms with Crippen molar-refractivity contribution in [1.29, 1.82) is 0 Å². The van der Waals surface area contributed by atoms with E-state index in [4.69, 9.17) is 0 Å². The van der Waals surface area contributed by atoms with Gasteiger partial charge in [-0.3, -0.25) is 10.1 Å². The Kier molecular flexibility index (Phi) is 1.89. The third kappa shape index (κ3) is 1.55. The number of hydrogen-bond donors (Lipinski definition) is 0. The first kappa shape index (κ1) is 7.72. The van der Waals surface area contributed by atoms with E-state index in [0.29, 0.717) is 5.56 Å². The fourth-order valence-electron chi connectivity index (χ4n) is 0.933. The maximum Gasteiger partial charge on any atom is 0.272 e. The highest BCUT2D eigenvalue weighted by molar-refractivity contribution is 5.40. The van der Waals surface area contributed by atoms with E-state index in [1.807, 2.05) is 6.92 Å². The fraction of sp³-hybridized carbons (Fsp3) is 0.250. The van der Waals surface area contributed by atoms with Gasteiger partial charge in [-0.25, -0.2) is 0 Å². The highest BCUT2D eigenvalue weighted by Crippen LogP contribution is 2.17. The fourth-order valence-corrected chi connectivity index (χ4v) is 0.933. The third-order valence-electron chi connectivity index (χ3n) is 1.47. The van der Waals surface area contributed by atoms with Crippen LogP contribution in [0.15, 0.2) is 12.1 Å². The Labute approximate surface area is 64.8 Å². The van der Waals surface area contributed by atoms with Gasteiger partial charge in [-0.05, 0) is 31.5 Å². The Morgan fingerprint density at radius 1 is 1.55 bits per heavy atom. The molecule has 0 aliphatic rings. The summed E-state index contributed by atoms with van der Waals surface area (Å²) in [7, 11) is 0. The SMILES string of the molecule is Cc1[c]cc([N+](=O)[O-])c(C)c1. The third-order valence-corrected chi connectivity index (χ3v) is 1.47. The van der Waals surface area contributed by atoms with E-state index in [-0.39, 0.29) is 5.69 Å². The molecule has 11 heavy (non-hydrogen) atoms. The van der Waals surface area contributed by atoms with Crippen molar-refractivity contribution in [3.63, 3.8) is 0 Å². The maximum atomic E-state index is 10.3. The molecule has 1 rings (SSSR count). The Morgan fingerprint density at radius 3 is 2.64 bits per heavy atom. The van der Waals surface area contributed by atoms with Crippen molar-refractivity contribution in [1.82, 2.24) is 0 Å². The molecule has 1 aromatic rings. The van der Waals surface area contributed by atoms with Crippen molar-refractivity contribution >= 4 is 5.69 Å². The van der Waals surface area contributed by atoms with Gasteiger partial charge >= 0.3 is 0 Å². The van der Waals surface area contributed by atoms with E-state index in [0.717, 1.165) is 5.56 Å². The summed E-state index contributed by atoms with van der Waals surface area (Å²) in [5.74, 6) is 0. The average Bonchev–Trinajstić information content (AvgIpc) is 1.85. The smallest absolute Gasteiger partial charge is 0.258 e. The molecule has 0 saturated carbocycles. The van der Waals surface area contributed by atoms with Crippen LogP contribution in [0.5, 0.6) is 0 Å². The van der Waals surface area contributed by atoms with Crippen LogP contribution in [-0.4, -0.2) is 4.92 Å². The molecular formula is C8H8NO2. The molecule has 0 bridgehead atoms. The van der Waals surface area contributed by atoms with Gasteiger partial charge < -0.3 is 0 Å². The summed E-state index contributed by atoms with van der Waals surface area (Å²) in [6.07, 6.45) is 0. The van der Waals surface area contributed by atoms with Crippen LogP contribution in [0.2, 0.25) is 0 Å². The van der Waals surface area contributed by atoms with Gasteiger partial charge in [0.05, 0.1) is 4.92 Å². The van der Waals surface area contributed by atoms with Crippen molar-refractivity contribution in [3.05, 3.63) is 39.4 Å². The average molecular weight is 150 g/mol. The molecule has 1 radical (unpaired) electrons. The van der Waals surface area contributed by atoms with Gasteiger partial charge in [0.15, 0.2) is 0 Å². The summed E-state index contributed by atoms with van der Waals surface area (Å²) < 4.78 is 0. The predicted molar refractivity (Wildman–Crippen MR) is 41.4 cm³/mol. The van der Waals surface area contributed by atoms with Gasteiger partial charge in [0, 0.05) is 11.6 Å². The Hall–Kier alpha value is -1.38. The van der Waals surface area contributed by atoms with Gasteiger partial charge in [0.1, 0.15) is 0 Å². The van der Waals surface area contributed by atoms with Crippen LogP contribution < -0.4 is 0 Å². The van der Waals surface area contributed by atoms with Gasteiger partial charge in [0.25, 0.3) is 5.69 Å². The Morgan fingerprint density at radius 2 is 2.18 bits per heavy atom. The van der Waals surface area contributed by atoms with E-state index in [9.17, 15) is 10.1 Å². The zero-order chi connectivity index (χ0) is 8.43. The largest absolute Gasteiger partial charge is 0.272 e. The topological polar surface area (TPSA) is 43.1 Å². The number of nitro benzene ring substituents is 1. The van der Waals surface area contributed by atoms with E-state index in [1.165, 1.54) is 6.07 Å². The first-order valence-electron chi connectivity index (χ1n) is 3.24. The molecule has 0 aliphatic carbocycles. The molecule has 0 aliphatic heterocycles. The van der Waals surface area contributed by atoms with Crippen molar-refractivity contribution in [3.8, 4) is 0 Å². The highest BCUT2D eigenvalue weighted by atomic mass is 16.6. The quantitative estimate of drug-likeness (QED) is 0.454. The lowest BCUT2D eigenvalue weighted by molar-refractivity contribution is -0.385. The first-order chi connectivity index (χ1) is 5.11. The molecule has 3 heteroatoms. The number of rotatable bonds is 1. The van der Waals surface area contributed by atoms with Crippen LogP contribution in [-0.2, 0) is 0 Å². The number of benzene rings is 1. The van der Waals surface area contributed by atoms with Gasteiger partial charge in [-0.2, -0.15) is 0 Å². The molecule has 0 amide bonds. The number of nitro groups is 1. The molecule has 0 atom stereocenters. The molecule has 0 spiro atoms. The van der Waals surface area contributed by atoms with Crippen molar-refractivity contribution in [2.24, 2.45) is 0 Å². The van der Waals surface area contributed by atoms with Crippen LogP contribution in [0.3, 0.4) is 0 Å². The summed E-state index contributed by atoms with van der Waals surface area (Å²) in [5.41, 5.74) is 1.75. The minimum atomic E-state index is -0.398. The zero-order valence-electron chi connectivity index (χ0n) is 6.42. The normalized spacial score (nSPS) is 9.64. The second-order valence-corrected chi connectivity index (χ2v) is 2.44. The molecule has 0 heterocycles. The summed E-state index contributed by atoms with van der Waals surface area (Å²) in [6.45, 7) is 3.58. The lowest BCUT2D eigenvalue weighted by Crippen LogP contribution is -1.91. The minimum absolute atomic E-state index is 0.135. The second kappa shape index (κ2) is 2.70. The number of nitrogens with zero attached hydrogens (tertiary/aromatic N) is 1. The number of hydrogen-bond acceptors (Lipinski definition) is 2.